The fourth-order valence-electron chi connectivity index (χ4n) is 1.73. The molecule has 4 nitrogen and oxygen atoms in total. The van der Waals surface area contributed by atoms with Crippen molar-refractivity contribution in [3.63, 3.8) is 0 Å². The zero-order valence-corrected chi connectivity index (χ0v) is 11.3. The second-order valence-electron chi connectivity index (χ2n) is 4.97. The van der Waals surface area contributed by atoms with E-state index in [1.807, 2.05) is 19.1 Å². The highest BCUT2D eigenvalue weighted by Gasteiger charge is 2.09. The summed E-state index contributed by atoms with van der Waals surface area (Å²) in [6, 6.07) is 4.01. The molecule has 1 aromatic rings. The van der Waals surface area contributed by atoms with Gasteiger partial charge in [0.25, 0.3) is 0 Å². The Morgan fingerprint density at radius 1 is 1.44 bits per heavy atom. The third-order valence-corrected chi connectivity index (χ3v) is 3.08. The van der Waals surface area contributed by atoms with Gasteiger partial charge in [0.05, 0.1) is 6.26 Å². The van der Waals surface area contributed by atoms with Crippen LogP contribution in [0.4, 0.5) is 0 Å². The molecule has 1 heterocycles. The molecular formula is C14H24N2O2. The van der Waals surface area contributed by atoms with E-state index in [9.17, 15) is 4.79 Å². The third-order valence-electron chi connectivity index (χ3n) is 3.08. The molecule has 3 N–H and O–H groups in total. The molecule has 1 amide bonds. The third kappa shape index (κ3) is 5.87. The largest absolute Gasteiger partial charge is 0.469 e. The molecule has 1 aromatic heterocycles. The van der Waals surface area contributed by atoms with Gasteiger partial charge in [-0.3, -0.25) is 4.79 Å². The van der Waals surface area contributed by atoms with Crippen molar-refractivity contribution in [3.05, 3.63) is 24.2 Å². The molecule has 0 bridgehead atoms. The van der Waals surface area contributed by atoms with E-state index in [1.54, 1.807) is 6.26 Å². The Morgan fingerprint density at radius 3 is 2.83 bits per heavy atom. The van der Waals surface area contributed by atoms with Gasteiger partial charge in [0.1, 0.15) is 5.76 Å². The lowest BCUT2D eigenvalue weighted by Crippen LogP contribution is -2.33. The number of rotatable bonds is 8. The molecule has 0 aliphatic heterocycles. The van der Waals surface area contributed by atoms with Crippen LogP contribution in [0.5, 0.6) is 0 Å². The Hall–Kier alpha value is -1.29. The van der Waals surface area contributed by atoms with Crippen molar-refractivity contribution < 1.29 is 9.21 Å². The van der Waals surface area contributed by atoms with Crippen LogP contribution < -0.4 is 11.1 Å². The maximum Gasteiger partial charge on any atom is 0.220 e. The fourth-order valence-corrected chi connectivity index (χ4v) is 1.73. The van der Waals surface area contributed by atoms with Gasteiger partial charge in [-0.25, -0.2) is 0 Å². The summed E-state index contributed by atoms with van der Waals surface area (Å²) in [5, 5.41) is 3.00. The molecule has 2 atom stereocenters. The Kier molecular flexibility index (Phi) is 6.50. The summed E-state index contributed by atoms with van der Waals surface area (Å²) in [6.45, 7) is 4.72. The lowest BCUT2D eigenvalue weighted by atomic mass is 10.1. The Balaban J connectivity index is 2.15. The van der Waals surface area contributed by atoms with Gasteiger partial charge in [0.15, 0.2) is 0 Å². The predicted molar refractivity (Wildman–Crippen MR) is 72.1 cm³/mol. The van der Waals surface area contributed by atoms with Crippen LogP contribution in [0.15, 0.2) is 22.8 Å². The smallest absolute Gasteiger partial charge is 0.220 e. The Morgan fingerprint density at radius 2 is 2.22 bits per heavy atom. The van der Waals surface area contributed by atoms with E-state index < -0.39 is 0 Å². The first-order valence-corrected chi connectivity index (χ1v) is 6.63. The standard InChI is InChI=1S/C14H24N2O2/c1-11(10-15)5-8-14(17)16-12(2)6-7-13-4-3-9-18-13/h3-4,9,11-12H,5-8,10,15H2,1-2H3,(H,16,17). The first-order valence-electron chi connectivity index (χ1n) is 6.63. The van der Waals surface area contributed by atoms with Crippen molar-refractivity contribution in [1.29, 1.82) is 0 Å². The molecular weight excluding hydrogens is 228 g/mol. The lowest BCUT2D eigenvalue weighted by Gasteiger charge is -2.14. The summed E-state index contributed by atoms with van der Waals surface area (Å²) in [7, 11) is 0. The van der Waals surface area contributed by atoms with E-state index in [1.165, 1.54) is 0 Å². The molecule has 0 aliphatic rings. The van der Waals surface area contributed by atoms with E-state index in [0.717, 1.165) is 25.0 Å². The van der Waals surface area contributed by atoms with E-state index in [-0.39, 0.29) is 11.9 Å². The summed E-state index contributed by atoms with van der Waals surface area (Å²) in [5.74, 6) is 1.49. The number of furan rings is 1. The molecule has 0 aliphatic carbocycles. The average molecular weight is 252 g/mol. The van der Waals surface area contributed by atoms with Crippen LogP contribution in [0, 0.1) is 5.92 Å². The summed E-state index contributed by atoms with van der Waals surface area (Å²) < 4.78 is 5.26. The maximum atomic E-state index is 11.7. The van der Waals surface area contributed by atoms with Gasteiger partial charge >= 0.3 is 0 Å². The van der Waals surface area contributed by atoms with Crippen molar-refractivity contribution in [3.8, 4) is 0 Å². The molecule has 0 aromatic carbocycles. The minimum absolute atomic E-state index is 0.113. The molecule has 102 valence electrons. The van der Waals surface area contributed by atoms with Gasteiger partial charge in [0, 0.05) is 18.9 Å². The quantitative estimate of drug-likeness (QED) is 0.744. The minimum Gasteiger partial charge on any atom is -0.469 e. The predicted octanol–water partition coefficient (Wildman–Crippen LogP) is 2.09. The van der Waals surface area contributed by atoms with Crippen LogP contribution >= 0.6 is 0 Å². The molecule has 18 heavy (non-hydrogen) atoms. The molecule has 2 unspecified atom stereocenters. The zero-order chi connectivity index (χ0) is 13.4. The number of carbonyl (C=O) groups excluding carboxylic acids is 1. The molecule has 0 radical (unpaired) electrons. The highest BCUT2D eigenvalue weighted by molar-refractivity contribution is 5.76. The van der Waals surface area contributed by atoms with Crippen molar-refractivity contribution in [2.45, 2.75) is 45.6 Å². The minimum atomic E-state index is 0.113. The van der Waals surface area contributed by atoms with Crippen LogP contribution in [-0.2, 0) is 11.2 Å². The number of hydrogen-bond acceptors (Lipinski definition) is 3. The number of aryl methyl sites for hydroxylation is 1. The van der Waals surface area contributed by atoms with Crippen LogP contribution in [0.3, 0.4) is 0 Å². The SMILES string of the molecule is CC(CN)CCC(=O)NC(C)CCc1ccco1. The van der Waals surface area contributed by atoms with Gasteiger partial charge in [0.2, 0.25) is 5.91 Å². The normalized spacial score (nSPS) is 14.2. The van der Waals surface area contributed by atoms with Gasteiger partial charge < -0.3 is 15.5 Å². The molecule has 0 spiro atoms. The van der Waals surface area contributed by atoms with E-state index >= 15 is 0 Å². The van der Waals surface area contributed by atoms with Crippen molar-refractivity contribution in [2.75, 3.05) is 6.54 Å². The van der Waals surface area contributed by atoms with Gasteiger partial charge in [-0.05, 0) is 44.4 Å². The molecule has 4 heteroatoms. The van der Waals surface area contributed by atoms with Gasteiger partial charge in [-0.15, -0.1) is 0 Å². The van der Waals surface area contributed by atoms with Crippen LogP contribution in [0.2, 0.25) is 0 Å². The van der Waals surface area contributed by atoms with Crippen molar-refractivity contribution in [2.24, 2.45) is 11.7 Å². The number of nitrogens with two attached hydrogens (primary N) is 1. The van der Waals surface area contributed by atoms with Crippen LogP contribution in [0.25, 0.3) is 0 Å². The van der Waals surface area contributed by atoms with Crippen LogP contribution in [0.1, 0.15) is 38.9 Å². The summed E-state index contributed by atoms with van der Waals surface area (Å²) >= 11 is 0. The van der Waals surface area contributed by atoms with Gasteiger partial charge in [-0.2, -0.15) is 0 Å². The molecule has 0 fully saturated rings. The molecule has 0 saturated carbocycles. The Labute approximate surface area is 109 Å². The number of hydrogen-bond donors (Lipinski definition) is 2. The fraction of sp³-hybridized carbons (Fsp3) is 0.643. The lowest BCUT2D eigenvalue weighted by molar-refractivity contribution is -0.122. The number of carbonyl (C=O) groups is 1. The molecule has 0 saturated heterocycles. The number of amides is 1. The highest BCUT2D eigenvalue weighted by atomic mass is 16.3. The zero-order valence-electron chi connectivity index (χ0n) is 11.3. The van der Waals surface area contributed by atoms with E-state index in [2.05, 4.69) is 12.2 Å². The van der Waals surface area contributed by atoms with Crippen LogP contribution in [-0.4, -0.2) is 18.5 Å². The molecule has 1 rings (SSSR count). The van der Waals surface area contributed by atoms with E-state index in [0.29, 0.717) is 18.9 Å². The second kappa shape index (κ2) is 7.93. The van der Waals surface area contributed by atoms with Crippen molar-refractivity contribution >= 4 is 5.91 Å². The van der Waals surface area contributed by atoms with Gasteiger partial charge in [-0.1, -0.05) is 6.92 Å². The Bertz CT molecular complexity index is 336. The second-order valence-corrected chi connectivity index (χ2v) is 4.97. The van der Waals surface area contributed by atoms with E-state index in [4.69, 9.17) is 10.2 Å². The first kappa shape index (κ1) is 14.8. The summed E-state index contributed by atoms with van der Waals surface area (Å²) in [4.78, 5) is 11.7. The number of nitrogens with one attached hydrogen (secondary N) is 1. The highest BCUT2D eigenvalue weighted by Crippen LogP contribution is 2.07. The topological polar surface area (TPSA) is 68.3 Å². The summed E-state index contributed by atoms with van der Waals surface area (Å²) in [6.07, 6.45) is 4.84. The average Bonchev–Trinajstić information content (AvgIpc) is 2.86. The summed E-state index contributed by atoms with van der Waals surface area (Å²) in [5.41, 5.74) is 5.52. The van der Waals surface area contributed by atoms with Crippen molar-refractivity contribution in [1.82, 2.24) is 5.32 Å². The first-order chi connectivity index (χ1) is 8.61. The maximum absolute atomic E-state index is 11.7. The monoisotopic (exact) mass is 252 g/mol.